The number of H-pyrrole nitrogens is 1. The van der Waals surface area contributed by atoms with Crippen LogP contribution in [0.4, 0.5) is 0 Å². The predicted molar refractivity (Wildman–Crippen MR) is 91.9 cm³/mol. The van der Waals surface area contributed by atoms with E-state index in [1.165, 1.54) is 5.56 Å². The van der Waals surface area contributed by atoms with Gasteiger partial charge in [0.25, 0.3) is 0 Å². The predicted octanol–water partition coefficient (Wildman–Crippen LogP) is 1.35. The van der Waals surface area contributed by atoms with E-state index in [9.17, 15) is 4.79 Å². The van der Waals surface area contributed by atoms with Gasteiger partial charge in [-0.1, -0.05) is 6.07 Å². The first kappa shape index (κ1) is 15.6. The summed E-state index contributed by atoms with van der Waals surface area (Å²) in [6.07, 6.45) is 1.89. The van der Waals surface area contributed by atoms with Crippen molar-refractivity contribution in [1.82, 2.24) is 19.8 Å². The molecule has 0 aliphatic carbocycles. The average Bonchev–Trinajstić information content (AvgIpc) is 3.13. The Hall–Kier alpha value is -1.92. The first-order valence-corrected chi connectivity index (χ1v) is 8.59. The van der Waals surface area contributed by atoms with Gasteiger partial charge in [0.2, 0.25) is 5.91 Å². The molecule has 2 aromatic rings. The van der Waals surface area contributed by atoms with Crippen LogP contribution in [-0.4, -0.2) is 71.1 Å². The Labute approximate surface area is 141 Å². The van der Waals surface area contributed by atoms with Gasteiger partial charge in [-0.05, 0) is 31.0 Å². The maximum absolute atomic E-state index is 11.6. The molecule has 4 rings (SSSR count). The molecule has 1 amide bonds. The summed E-state index contributed by atoms with van der Waals surface area (Å²) in [6.45, 7) is 5.88. The summed E-state index contributed by atoms with van der Waals surface area (Å²) >= 11 is 0. The number of hydrogen-bond acceptors (Lipinski definition) is 4. The monoisotopic (exact) mass is 328 g/mol. The van der Waals surface area contributed by atoms with Crippen LogP contribution < -0.4 is 0 Å². The van der Waals surface area contributed by atoms with Gasteiger partial charge in [-0.3, -0.25) is 9.69 Å². The molecule has 24 heavy (non-hydrogen) atoms. The molecule has 1 spiro atoms. The number of carbonyl (C=O) groups excluding carboxylic acids is 1. The van der Waals surface area contributed by atoms with Gasteiger partial charge in [0.15, 0.2) is 0 Å². The van der Waals surface area contributed by atoms with E-state index in [-0.39, 0.29) is 18.1 Å². The fraction of sp³-hybridized carbons (Fsp3) is 0.556. The number of rotatable bonds is 3. The number of aromatic amines is 1. The Morgan fingerprint density at radius 1 is 1.38 bits per heavy atom. The number of hydrogen-bond donors (Lipinski definition) is 1. The minimum atomic E-state index is -0.173. The minimum absolute atomic E-state index is 0.0802. The second-order valence-corrected chi connectivity index (χ2v) is 7.20. The topological polar surface area (TPSA) is 61.5 Å². The molecule has 6 nitrogen and oxygen atoms in total. The highest BCUT2D eigenvalue weighted by molar-refractivity contribution is 5.78. The quantitative estimate of drug-likeness (QED) is 0.924. The third-order valence-electron chi connectivity index (χ3n) is 5.20. The highest BCUT2D eigenvalue weighted by atomic mass is 16.5. The van der Waals surface area contributed by atoms with Gasteiger partial charge in [0.1, 0.15) is 18.0 Å². The maximum atomic E-state index is 11.6. The van der Waals surface area contributed by atoms with Crippen molar-refractivity contribution in [2.75, 3.05) is 39.8 Å². The molecule has 0 radical (unpaired) electrons. The molecule has 2 aliphatic heterocycles. The number of imidazole rings is 1. The van der Waals surface area contributed by atoms with E-state index in [1.54, 1.807) is 4.90 Å². The second-order valence-electron chi connectivity index (χ2n) is 7.20. The highest BCUT2D eigenvalue weighted by Crippen LogP contribution is 2.29. The number of likely N-dealkylation sites (N-methyl/N-ethyl adjacent to an activating group) is 1. The summed E-state index contributed by atoms with van der Waals surface area (Å²) in [5, 5.41) is 0. The molecule has 2 fully saturated rings. The van der Waals surface area contributed by atoms with Gasteiger partial charge >= 0.3 is 0 Å². The zero-order chi connectivity index (χ0) is 16.7. The van der Waals surface area contributed by atoms with Crippen LogP contribution in [0.15, 0.2) is 18.2 Å². The van der Waals surface area contributed by atoms with Gasteiger partial charge in [0, 0.05) is 33.1 Å². The standard InChI is InChI=1S/C18H24N4O2/c1-13-3-4-14-15(9-13)20-16(19-14)5-7-22-8-6-18(12-22)11-21(2)17(23)10-24-18/h3-4,9H,5-8,10-12H2,1-2H3,(H,19,20). The van der Waals surface area contributed by atoms with Crippen molar-refractivity contribution < 1.29 is 9.53 Å². The lowest BCUT2D eigenvalue weighted by Crippen LogP contribution is -2.54. The molecule has 2 saturated heterocycles. The molecule has 128 valence electrons. The SMILES string of the molecule is Cc1ccc2nc(CCN3CCC4(C3)CN(C)C(=O)CO4)[nH]c2c1. The summed E-state index contributed by atoms with van der Waals surface area (Å²) in [5.74, 6) is 1.12. The largest absolute Gasteiger partial charge is 0.362 e. The molecule has 1 unspecified atom stereocenters. The number of morpholine rings is 1. The average molecular weight is 328 g/mol. The molecular formula is C18H24N4O2. The van der Waals surface area contributed by atoms with Crippen LogP contribution in [0.3, 0.4) is 0 Å². The van der Waals surface area contributed by atoms with Gasteiger partial charge in [0.05, 0.1) is 17.6 Å². The molecule has 1 atom stereocenters. The number of aryl methyl sites for hydroxylation is 1. The summed E-state index contributed by atoms with van der Waals surface area (Å²) in [5.41, 5.74) is 3.21. The lowest BCUT2D eigenvalue weighted by atomic mass is 10.0. The van der Waals surface area contributed by atoms with Crippen LogP contribution >= 0.6 is 0 Å². The molecular weight excluding hydrogens is 304 g/mol. The molecule has 1 aromatic heterocycles. The molecule has 3 heterocycles. The van der Waals surface area contributed by atoms with E-state index in [0.29, 0.717) is 6.54 Å². The number of carbonyl (C=O) groups is 1. The zero-order valence-electron chi connectivity index (χ0n) is 14.3. The van der Waals surface area contributed by atoms with Gasteiger partial charge in [-0.25, -0.2) is 4.98 Å². The lowest BCUT2D eigenvalue weighted by Gasteiger charge is -2.38. The van der Waals surface area contributed by atoms with E-state index in [4.69, 9.17) is 4.74 Å². The van der Waals surface area contributed by atoms with Gasteiger partial charge < -0.3 is 14.6 Å². The summed E-state index contributed by atoms with van der Waals surface area (Å²) in [7, 11) is 1.87. The van der Waals surface area contributed by atoms with Crippen LogP contribution in [0.25, 0.3) is 11.0 Å². The lowest BCUT2D eigenvalue weighted by molar-refractivity contribution is -0.159. The number of nitrogens with zero attached hydrogens (tertiary/aromatic N) is 3. The van der Waals surface area contributed by atoms with Crippen LogP contribution in [0, 0.1) is 6.92 Å². The Bertz CT molecular complexity index is 771. The number of ether oxygens (including phenoxy) is 1. The first-order valence-electron chi connectivity index (χ1n) is 8.59. The van der Waals surface area contributed by atoms with Crippen molar-refractivity contribution in [2.24, 2.45) is 0 Å². The maximum Gasteiger partial charge on any atom is 0.248 e. The third kappa shape index (κ3) is 2.91. The Morgan fingerprint density at radius 3 is 3.08 bits per heavy atom. The number of benzene rings is 1. The summed E-state index contributed by atoms with van der Waals surface area (Å²) < 4.78 is 5.90. The van der Waals surface area contributed by atoms with Crippen LogP contribution in [-0.2, 0) is 16.0 Å². The van der Waals surface area contributed by atoms with Crippen molar-refractivity contribution in [3.63, 3.8) is 0 Å². The normalized spacial score (nSPS) is 25.2. The Morgan fingerprint density at radius 2 is 2.25 bits per heavy atom. The van der Waals surface area contributed by atoms with Crippen molar-refractivity contribution in [1.29, 1.82) is 0 Å². The Balaban J connectivity index is 1.37. The number of likely N-dealkylation sites (tertiary alicyclic amines) is 1. The third-order valence-corrected chi connectivity index (χ3v) is 5.20. The van der Waals surface area contributed by atoms with E-state index in [1.807, 2.05) is 7.05 Å². The van der Waals surface area contributed by atoms with E-state index < -0.39 is 0 Å². The molecule has 1 aromatic carbocycles. The molecule has 0 bridgehead atoms. The summed E-state index contributed by atoms with van der Waals surface area (Å²) in [6, 6.07) is 6.30. The zero-order valence-corrected chi connectivity index (χ0v) is 14.3. The number of fused-ring (bicyclic) bond motifs is 1. The number of aromatic nitrogens is 2. The van der Waals surface area contributed by atoms with E-state index in [2.05, 4.69) is 40.0 Å². The molecule has 1 N–H and O–H groups in total. The van der Waals surface area contributed by atoms with Crippen LogP contribution in [0.5, 0.6) is 0 Å². The Kier molecular flexibility index (Phi) is 3.81. The fourth-order valence-electron chi connectivity index (χ4n) is 3.82. The second kappa shape index (κ2) is 5.86. The minimum Gasteiger partial charge on any atom is -0.362 e. The van der Waals surface area contributed by atoms with E-state index in [0.717, 1.165) is 49.3 Å². The molecule has 2 aliphatic rings. The number of nitrogens with one attached hydrogen (secondary N) is 1. The van der Waals surface area contributed by atoms with Crippen LogP contribution in [0.2, 0.25) is 0 Å². The van der Waals surface area contributed by atoms with Gasteiger partial charge in [-0.2, -0.15) is 0 Å². The van der Waals surface area contributed by atoms with Crippen molar-refractivity contribution in [3.8, 4) is 0 Å². The first-order chi connectivity index (χ1) is 11.5. The van der Waals surface area contributed by atoms with Crippen molar-refractivity contribution in [3.05, 3.63) is 29.6 Å². The van der Waals surface area contributed by atoms with E-state index >= 15 is 0 Å². The highest BCUT2D eigenvalue weighted by Gasteiger charge is 2.43. The fourth-order valence-corrected chi connectivity index (χ4v) is 3.82. The summed E-state index contributed by atoms with van der Waals surface area (Å²) in [4.78, 5) is 23.9. The number of amides is 1. The van der Waals surface area contributed by atoms with Crippen molar-refractivity contribution in [2.45, 2.75) is 25.4 Å². The smallest absolute Gasteiger partial charge is 0.248 e. The van der Waals surface area contributed by atoms with Crippen molar-refractivity contribution >= 4 is 16.9 Å². The van der Waals surface area contributed by atoms with Crippen LogP contribution in [0.1, 0.15) is 17.8 Å². The molecule has 0 saturated carbocycles. The van der Waals surface area contributed by atoms with Gasteiger partial charge in [-0.15, -0.1) is 0 Å². The molecule has 6 heteroatoms.